The lowest BCUT2D eigenvalue weighted by Crippen LogP contribution is -2.32. The van der Waals surface area contributed by atoms with Crippen molar-refractivity contribution in [3.63, 3.8) is 0 Å². The summed E-state index contributed by atoms with van der Waals surface area (Å²) < 4.78 is 0. The van der Waals surface area contributed by atoms with E-state index in [1.165, 1.54) is 0 Å². The molecule has 20 heavy (non-hydrogen) atoms. The van der Waals surface area contributed by atoms with Crippen LogP contribution in [0.15, 0.2) is 12.1 Å². The first kappa shape index (κ1) is 13.6. The predicted molar refractivity (Wildman–Crippen MR) is 80.1 cm³/mol. The molecule has 104 valence electrons. The zero-order valence-electron chi connectivity index (χ0n) is 10.7. The van der Waals surface area contributed by atoms with Crippen molar-refractivity contribution in [3.8, 4) is 0 Å². The molecule has 0 spiro atoms. The molecular formula is C14H13Cl2N3O. The molecule has 0 unspecified atom stereocenters. The average Bonchev–Trinajstić information content (AvgIpc) is 2.48. The molecule has 0 saturated heterocycles. The maximum atomic E-state index is 12.2. The van der Waals surface area contributed by atoms with Gasteiger partial charge in [-0.3, -0.25) is 15.2 Å². The highest BCUT2D eigenvalue weighted by Crippen LogP contribution is 2.35. The number of benzene rings is 1. The zero-order chi connectivity index (χ0) is 14.3. The van der Waals surface area contributed by atoms with Crippen molar-refractivity contribution in [2.75, 3.05) is 0 Å². The number of hydrazine groups is 1. The van der Waals surface area contributed by atoms with Crippen LogP contribution in [0, 0.1) is 0 Å². The minimum Gasteiger partial charge on any atom is -0.290 e. The van der Waals surface area contributed by atoms with Gasteiger partial charge in [-0.25, -0.2) is 5.84 Å². The molecule has 3 N–H and O–H groups in total. The van der Waals surface area contributed by atoms with Crippen molar-refractivity contribution in [2.24, 2.45) is 5.84 Å². The molecule has 0 bridgehead atoms. The van der Waals surface area contributed by atoms with Crippen LogP contribution in [0.2, 0.25) is 10.0 Å². The van der Waals surface area contributed by atoms with Crippen molar-refractivity contribution in [3.05, 3.63) is 39.0 Å². The molecule has 1 aliphatic rings. The normalized spacial score (nSPS) is 14.2. The van der Waals surface area contributed by atoms with Gasteiger partial charge in [-0.05, 0) is 37.3 Å². The van der Waals surface area contributed by atoms with E-state index >= 15 is 0 Å². The highest BCUT2D eigenvalue weighted by molar-refractivity contribution is 6.45. The lowest BCUT2D eigenvalue weighted by Gasteiger charge is -2.20. The number of nitrogens with two attached hydrogens (primary N) is 1. The fourth-order valence-electron chi connectivity index (χ4n) is 2.76. The smallest absolute Gasteiger partial charge is 0.266 e. The summed E-state index contributed by atoms with van der Waals surface area (Å²) in [4.78, 5) is 16.8. The molecular weight excluding hydrogens is 297 g/mol. The number of aryl methyl sites for hydroxylation is 1. The maximum absolute atomic E-state index is 12.2. The summed E-state index contributed by atoms with van der Waals surface area (Å²) in [6, 6.07) is 3.45. The molecule has 1 aromatic carbocycles. The van der Waals surface area contributed by atoms with Crippen molar-refractivity contribution >= 4 is 40.0 Å². The molecule has 0 atom stereocenters. The van der Waals surface area contributed by atoms with Gasteiger partial charge in [0.15, 0.2) is 0 Å². The number of nitrogens with zero attached hydrogens (tertiary/aromatic N) is 1. The molecule has 1 aliphatic carbocycles. The zero-order valence-corrected chi connectivity index (χ0v) is 12.2. The van der Waals surface area contributed by atoms with Crippen LogP contribution in [0.3, 0.4) is 0 Å². The maximum Gasteiger partial charge on any atom is 0.266 e. The molecule has 0 radical (unpaired) electrons. The third-order valence-electron chi connectivity index (χ3n) is 3.68. The van der Waals surface area contributed by atoms with Crippen LogP contribution in [0.4, 0.5) is 0 Å². The van der Waals surface area contributed by atoms with E-state index in [0.717, 1.165) is 36.9 Å². The fourth-order valence-corrected chi connectivity index (χ4v) is 3.12. The minimum absolute atomic E-state index is 0.311. The summed E-state index contributed by atoms with van der Waals surface area (Å²) in [6.07, 6.45) is 3.79. The van der Waals surface area contributed by atoms with E-state index < -0.39 is 0 Å². The molecule has 1 heterocycles. The van der Waals surface area contributed by atoms with Crippen molar-refractivity contribution in [1.29, 1.82) is 0 Å². The number of rotatable bonds is 1. The number of nitrogen functional groups attached to an aromatic ring is 1. The topological polar surface area (TPSA) is 68.0 Å². The van der Waals surface area contributed by atoms with Crippen molar-refractivity contribution in [1.82, 2.24) is 10.4 Å². The van der Waals surface area contributed by atoms with Gasteiger partial charge in [0.2, 0.25) is 0 Å². The number of hydrogen-bond donors (Lipinski definition) is 2. The predicted octanol–water partition coefficient (Wildman–Crippen LogP) is 3.02. The largest absolute Gasteiger partial charge is 0.290 e. The van der Waals surface area contributed by atoms with Crippen LogP contribution in [0.1, 0.15) is 34.5 Å². The Morgan fingerprint density at radius 2 is 2.00 bits per heavy atom. The third kappa shape index (κ3) is 2.04. The van der Waals surface area contributed by atoms with Crippen LogP contribution in [0.5, 0.6) is 0 Å². The number of carbonyl (C=O) groups is 1. The molecule has 1 aromatic heterocycles. The van der Waals surface area contributed by atoms with Gasteiger partial charge < -0.3 is 0 Å². The molecule has 0 saturated carbocycles. The Morgan fingerprint density at radius 3 is 2.75 bits per heavy atom. The van der Waals surface area contributed by atoms with Crippen molar-refractivity contribution < 1.29 is 4.79 Å². The highest BCUT2D eigenvalue weighted by Gasteiger charge is 2.23. The Labute approximate surface area is 126 Å². The van der Waals surface area contributed by atoms with E-state index in [1.54, 1.807) is 12.1 Å². The van der Waals surface area contributed by atoms with Gasteiger partial charge >= 0.3 is 0 Å². The molecule has 2 aromatic rings. The van der Waals surface area contributed by atoms with Gasteiger partial charge in [0.1, 0.15) is 0 Å². The number of carbonyl (C=O) groups excluding carboxylic acids is 1. The molecule has 0 fully saturated rings. The average molecular weight is 310 g/mol. The molecule has 1 amide bonds. The van der Waals surface area contributed by atoms with E-state index in [9.17, 15) is 4.79 Å². The lowest BCUT2D eigenvalue weighted by atomic mass is 9.89. The second-order valence-electron chi connectivity index (χ2n) is 4.85. The van der Waals surface area contributed by atoms with Gasteiger partial charge in [-0.2, -0.15) is 0 Å². The van der Waals surface area contributed by atoms with Gasteiger partial charge in [0, 0.05) is 11.1 Å². The monoisotopic (exact) mass is 309 g/mol. The second kappa shape index (κ2) is 5.20. The lowest BCUT2D eigenvalue weighted by molar-refractivity contribution is 0.0954. The van der Waals surface area contributed by atoms with Gasteiger partial charge in [-0.15, -0.1) is 0 Å². The van der Waals surface area contributed by atoms with E-state index in [1.807, 2.05) is 0 Å². The summed E-state index contributed by atoms with van der Waals surface area (Å²) in [5, 5.41) is 1.51. The number of hydrogen-bond acceptors (Lipinski definition) is 3. The molecule has 6 heteroatoms. The SMILES string of the molecule is NNC(=O)c1c2c(nc3c(Cl)c(Cl)ccc13)CCCC2. The van der Waals surface area contributed by atoms with Crippen LogP contribution in [-0.4, -0.2) is 10.9 Å². The number of pyridine rings is 1. The van der Waals surface area contributed by atoms with Gasteiger partial charge in [-0.1, -0.05) is 29.3 Å². The third-order valence-corrected chi connectivity index (χ3v) is 4.48. The van der Waals surface area contributed by atoms with Crippen LogP contribution >= 0.6 is 23.2 Å². The Bertz CT molecular complexity index is 715. The quantitative estimate of drug-likeness (QED) is 0.483. The van der Waals surface area contributed by atoms with E-state index in [-0.39, 0.29) is 5.91 Å². The van der Waals surface area contributed by atoms with Crippen molar-refractivity contribution in [2.45, 2.75) is 25.7 Å². The first-order valence-corrected chi connectivity index (χ1v) is 7.19. The number of amides is 1. The number of fused-ring (bicyclic) bond motifs is 2. The number of halogens is 2. The van der Waals surface area contributed by atoms with Gasteiger partial charge in [0.05, 0.1) is 21.1 Å². The summed E-state index contributed by atoms with van der Waals surface area (Å²) >= 11 is 12.3. The number of aromatic nitrogens is 1. The summed E-state index contributed by atoms with van der Waals surface area (Å²) in [5.41, 5.74) is 5.26. The van der Waals surface area contributed by atoms with Gasteiger partial charge in [0.25, 0.3) is 5.91 Å². The molecule has 0 aliphatic heterocycles. The Morgan fingerprint density at radius 1 is 1.25 bits per heavy atom. The Kier molecular flexibility index (Phi) is 3.54. The standard InChI is InChI=1S/C14H13Cl2N3O/c15-9-6-5-8-11(14(20)19-17)7-3-1-2-4-10(7)18-13(8)12(9)16/h5-6H,1-4,17H2,(H,19,20). The molecule has 4 nitrogen and oxygen atoms in total. The van der Waals surface area contributed by atoms with Crippen LogP contribution < -0.4 is 11.3 Å². The van der Waals surface area contributed by atoms with Crippen LogP contribution in [-0.2, 0) is 12.8 Å². The number of nitrogens with one attached hydrogen (secondary N) is 1. The van der Waals surface area contributed by atoms with Crippen LogP contribution in [0.25, 0.3) is 10.9 Å². The van der Waals surface area contributed by atoms with E-state index in [2.05, 4.69) is 10.4 Å². The molecule has 3 rings (SSSR count). The first-order chi connectivity index (χ1) is 9.63. The highest BCUT2D eigenvalue weighted by atomic mass is 35.5. The summed E-state index contributed by atoms with van der Waals surface area (Å²) in [6.45, 7) is 0. The summed E-state index contributed by atoms with van der Waals surface area (Å²) in [7, 11) is 0. The Hall–Kier alpha value is -1.36. The van der Waals surface area contributed by atoms with E-state index in [0.29, 0.717) is 26.5 Å². The summed E-state index contributed by atoms with van der Waals surface area (Å²) in [5.74, 6) is 5.01. The Balaban J connectivity index is 2.42. The minimum atomic E-state index is -0.311. The fraction of sp³-hybridized carbons (Fsp3) is 0.286. The first-order valence-electron chi connectivity index (χ1n) is 6.44. The van der Waals surface area contributed by atoms with E-state index in [4.69, 9.17) is 29.0 Å². The second-order valence-corrected chi connectivity index (χ2v) is 5.64.